The molecular formula is C25H24F2N4O3. The summed E-state index contributed by atoms with van der Waals surface area (Å²) < 4.78 is 34.0. The number of nitrogens with zero attached hydrogens (tertiary/aromatic N) is 3. The van der Waals surface area contributed by atoms with E-state index in [0.29, 0.717) is 28.3 Å². The molecule has 5 rings (SSSR count). The molecule has 1 aliphatic rings. The summed E-state index contributed by atoms with van der Waals surface area (Å²) in [6, 6.07) is 11.4. The molecule has 2 N–H and O–H groups in total. The Balaban J connectivity index is 0.000000636. The molecule has 0 bridgehead atoms. The minimum absolute atomic E-state index is 0.214. The van der Waals surface area contributed by atoms with Gasteiger partial charge in [-0.1, -0.05) is 12.5 Å². The van der Waals surface area contributed by atoms with Gasteiger partial charge in [0.05, 0.1) is 11.1 Å². The fourth-order valence-electron chi connectivity index (χ4n) is 3.86. The van der Waals surface area contributed by atoms with Gasteiger partial charge in [0.25, 0.3) is 5.97 Å². The zero-order chi connectivity index (χ0) is 24.1. The van der Waals surface area contributed by atoms with E-state index in [2.05, 4.69) is 19.9 Å². The maximum Gasteiger partial charge on any atom is 0.300 e. The van der Waals surface area contributed by atoms with E-state index in [1.165, 1.54) is 37.5 Å². The van der Waals surface area contributed by atoms with E-state index in [9.17, 15) is 8.78 Å². The minimum atomic E-state index is -0.833. The second kappa shape index (κ2) is 10.4. The summed E-state index contributed by atoms with van der Waals surface area (Å²) >= 11 is 0. The standard InChI is InChI=1S/C23H20F2N4O.C2H4O2/c24-18-12-14(15-7-11-21(26-13-15)30-16-4-2-1-3-5-16)6-8-17(18)22-27-19-9-10-20(25)28-23(19)29-22;1-2(3)4/h6-13,16H,1-5H2,(H,27,28,29);1H3,(H,3,4). The van der Waals surface area contributed by atoms with Crippen LogP contribution in [0, 0.1) is 11.8 Å². The highest BCUT2D eigenvalue weighted by molar-refractivity contribution is 5.77. The van der Waals surface area contributed by atoms with Crippen LogP contribution in [0.3, 0.4) is 0 Å². The molecule has 0 atom stereocenters. The van der Waals surface area contributed by atoms with E-state index in [-0.39, 0.29) is 11.8 Å². The lowest BCUT2D eigenvalue weighted by atomic mass is 9.98. The highest BCUT2D eigenvalue weighted by Crippen LogP contribution is 2.29. The molecule has 1 saturated carbocycles. The van der Waals surface area contributed by atoms with Crippen LogP contribution in [0.15, 0.2) is 48.7 Å². The Morgan fingerprint density at radius 3 is 2.44 bits per heavy atom. The molecule has 1 fully saturated rings. The molecule has 9 heteroatoms. The van der Waals surface area contributed by atoms with Gasteiger partial charge in [-0.2, -0.15) is 9.37 Å². The quantitative estimate of drug-likeness (QED) is 0.371. The number of carbonyl (C=O) groups is 1. The van der Waals surface area contributed by atoms with Crippen molar-refractivity contribution in [2.75, 3.05) is 0 Å². The summed E-state index contributed by atoms with van der Waals surface area (Å²) in [5, 5.41) is 7.42. The number of rotatable bonds is 4. The molecule has 0 amide bonds. The first-order chi connectivity index (χ1) is 16.4. The summed E-state index contributed by atoms with van der Waals surface area (Å²) in [7, 11) is 0. The van der Waals surface area contributed by atoms with E-state index in [0.717, 1.165) is 25.3 Å². The first-order valence-electron chi connectivity index (χ1n) is 11.0. The van der Waals surface area contributed by atoms with E-state index in [4.69, 9.17) is 14.6 Å². The third-order valence-electron chi connectivity index (χ3n) is 5.45. The first-order valence-corrected chi connectivity index (χ1v) is 11.0. The molecule has 0 saturated heterocycles. The molecule has 0 aliphatic heterocycles. The Morgan fingerprint density at radius 1 is 1.03 bits per heavy atom. The van der Waals surface area contributed by atoms with Crippen molar-refractivity contribution < 1.29 is 23.4 Å². The molecule has 1 aromatic carbocycles. The van der Waals surface area contributed by atoms with Gasteiger partial charge in [-0.3, -0.25) is 4.79 Å². The molecule has 3 aromatic heterocycles. The molecule has 1 aliphatic carbocycles. The number of aromatic amines is 1. The van der Waals surface area contributed by atoms with Crippen LogP contribution < -0.4 is 4.74 Å². The van der Waals surface area contributed by atoms with Crippen LogP contribution in [0.25, 0.3) is 33.7 Å². The number of H-pyrrole nitrogens is 1. The van der Waals surface area contributed by atoms with Crippen LogP contribution in [-0.4, -0.2) is 37.1 Å². The van der Waals surface area contributed by atoms with Crippen LogP contribution in [0.2, 0.25) is 0 Å². The zero-order valence-electron chi connectivity index (χ0n) is 18.6. The summed E-state index contributed by atoms with van der Waals surface area (Å²) in [4.78, 5) is 24.3. The predicted molar refractivity (Wildman–Crippen MR) is 123 cm³/mol. The van der Waals surface area contributed by atoms with Crippen LogP contribution in [-0.2, 0) is 4.79 Å². The number of fused-ring (bicyclic) bond motifs is 1. The van der Waals surface area contributed by atoms with Crippen molar-refractivity contribution in [2.45, 2.75) is 45.1 Å². The highest BCUT2D eigenvalue weighted by Gasteiger charge is 2.16. The minimum Gasteiger partial charge on any atom is -0.481 e. The second-order valence-electron chi connectivity index (χ2n) is 8.07. The zero-order valence-corrected chi connectivity index (χ0v) is 18.6. The molecule has 7 nitrogen and oxygen atoms in total. The molecular weight excluding hydrogens is 442 g/mol. The van der Waals surface area contributed by atoms with Crippen molar-refractivity contribution in [3.8, 4) is 28.4 Å². The van der Waals surface area contributed by atoms with Gasteiger partial charge in [-0.25, -0.2) is 14.4 Å². The van der Waals surface area contributed by atoms with E-state index in [1.54, 1.807) is 18.3 Å². The Kier molecular flexibility index (Phi) is 7.10. The van der Waals surface area contributed by atoms with Gasteiger partial charge in [-0.15, -0.1) is 0 Å². The molecule has 3 heterocycles. The van der Waals surface area contributed by atoms with Crippen molar-refractivity contribution in [2.24, 2.45) is 0 Å². The van der Waals surface area contributed by atoms with Crippen molar-refractivity contribution in [3.05, 3.63) is 60.4 Å². The highest BCUT2D eigenvalue weighted by atomic mass is 19.1. The van der Waals surface area contributed by atoms with Gasteiger partial charge in [0.15, 0.2) is 5.65 Å². The smallest absolute Gasteiger partial charge is 0.300 e. The van der Waals surface area contributed by atoms with Gasteiger partial charge < -0.3 is 14.8 Å². The third kappa shape index (κ3) is 5.72. The lowest BCUT2D eigenvalue weighted by Crippen LogP contribution is -2.20. The lowest BCUT2D eigenvalue weighted by Gasteiger charge is -2.22. The van der Waals surface area contributed by atoms with Gasteiger partial charge >= 0.3 is 0 Å². The normalized spacial score (nSPS) is 13.9. The van der Waals surface area contributed by atoms with E-state index >= 15 is 0 Å². The maximum absolute atomic E-state index is 14.8. The largest absolute Gasteiger partial charge is 0.481 e. The number of halogens is 2. The fraction of sp³-hybridized carbons (Fsp3) is 0.280. The average molecular weight is 466 g/mol. The number of hydrogen-bond acceptors (Lipinski definition) is 5. The topological polar surface area (TPSA) is 101 Å². The fourth-order valence-corrected chi connectivity index (χ4v) is 3.86. The van der Waals surface area contributed by atoms with Gasteiger partial charge in [-0.05, 0) is 61.6 Å². The average Bonchev–Trinajstić information content (AvgIpc) is 3.22. The number of hydrogen-bond donors (Lipinski definition) is 2. The van der Waals surface area contributed by atoms with E-state index < -0.39 is 17.7 Å². The monoisotopic (exact) mass is 466 g/mol. The number of benzene rings is 1. The van der Waals surface area contributed by atoms with Gasteiger partial charge in [0, 0.05) is 24.8 Å². The Hall–Kier alpha value is -3.88. The van der Waals surface area contributed by atoms with Crippen LogP contribution in [0.4, 0.5) is 8.78 Å². The Labute approximate surface area is 194 Å². The SMILES string of the molecule is CC(=O)O.Fc1ccc2[nH]c(-c3ccc(-c4ccc(OC5CCCCC5)nc4)cc3F)nc2n1. The number of aromatic nitrogens is 4. The molecule has 0 spiro atoms. The molecule has 34 heavy (non-hydrogen) atoms. The summed E-state index contributed by atoms with van der Waals surface area (Å²) in [5.74, 6) is -0.986. The van der Waals surface area contributed by atoms with Crippen molar-refractivity contribution in [3.63, 3.8) is 0 Å². The summed E-state index contributed by atoms with van der Waals surface area (Å²) in [6.07, 6.45) is 7.74. The number of pyridine rings is 2. The lowest BCUT2D eigenvalue weighted by molar-refractivity contribution is -0.134. The molecule has 0 radical (unpaired) electrons. The number of imidazole rings is 1. The van der Waals surface area contributed by atoms with Crippen LogP contribution in [0.1, 0.15) is 39.0 Å². The molecule has 0 unspecified atom stereocenters. The molecule has 176 valence electrons. The third-order valence-corrected chi connectivity index (χ3v) is 5.45. The van der Waals surface area contributed by atoms with Crippen LogP contribution >= 0.6 is 0 Å². The number of aliphatic carboxylic acids is 1. The first kappa shape index (κ1) is 23.3. The van der Waals surface area contributed by atoms with Gasteiger partial charge in [0.1, 0.15) is 17.7 Å². The van der Waals surface area contributed by atoms with Crippen molar-refractivity contribution in [1.29, 1.82) is 0 Å². The van der Waals surface area contributed by atoms with Gasteiger partial charge in [0.2, 0.25) is 11.8 Å². The predicted octanol–water partition coefficient (Wildman–Crippen LogP) is 5.77. The van der Waals surface area contributed by atoms with Crippen LogP contribution in [0.5, 0.6) is 5.88 Å². The Morgan fingerprint density at radius 2 is 1.76 bits per heavy atom. The number of carboxylic acid groups (broad SMARTS) is 1. The number of carboxylic acids is 1. The second-order valence-corrected chi connectivity index (χ2v) is 8.07. The van der Waals surface area contributed by atoms with E-state index in [1.807, 2.05) is 12.1 Å². The van der Waals surface area contributed by atoms with Crippen molar-refractivity contribution >= 4 is 17.1 Å². The summed E-state index contributed by atoms with van der Waals surface area (Å²) in [5.41, 5.74) is 2.55. The van der Waals surface area contributed by atoms with Crippen molar-refractivity contribution in [1.82, 2.24) is 19.9 Å². The number of nitrogens with one attached hydrogen (secondary N) is 1. The summed E-state index contributed by atoms with van der Waals surface area (Å²) in [6.45, 7) is 1.08. The number of ether oxygens (including phenoxy) is 1. The molecule has 4 aromatic rings. The maximum atomic E-state index is 14.8. The Bertz CT molecular complexity index is 1280.